The maximum Gasteiger partial charge on any atom is 0.333 e. The van der Waals surface area contributed by atoms with Gasteiger partial charge in [-0.25, -0.2) is 4.79 Å². The highest BCUT2D eigenvalue weighted by atomic mass is 32.2. The number of hydrogen-bond acceptors (Lipinski definition) is 3. The Labute approximate surface area is 83.9 Å². The summed E-state index contributed by atoms with van der Waals surface area (Å²) in [7, 11) is 0. The van der Waals surface area contributed by atoms with E-state index in [0.29, 0.717) is 17.6 Å². The van der Waals surface area contributed by atoms with Gasteiger partial charge >= 0.3 is 5.97 Å². The fourth-order valence-corrected chi connectivity index (χ4v) is 1.74. The molecule has 0 aromatic rings. The third-order valence-electron chi connectivity index (χ3n) is 1.75. The molecule has 0 spiro atoms. The van der Waals surface area contributed by atoms with Crippen LogP contribution >= 0.6 is 11.8 Å². The van der Waals surface area contributed by atoms with Crippen LogP contribution in [0.2, 0.25) is 0 Å². The minimum Gasteiger partial charge on any atom is -0.479 e. The van der Waals surface area contributed by atoms with Crippen LogP contribution in [-0.2, 0) is 9.53 Å². The highest BCUT2D eigenvalue weighted by Crippen LogP contribution is 2.15. The van der Waals surface area contributed by atoms with Crippen molar-refractivity contribution in [3.63, 3.8) is 0 Å². The monoisotopic (exact) mass is 206 g/mol. The number of carbonyl (C=O) groups is 1. The molecule has 0 bridgehead atoms. The van der Waals surface area contributed by atoms with Gasteiger partial charge in [0.2, 0.25) is 0 Å². The summed E-state index contributed by atoms with van der Waals surface area (Å²) >= 11 is 1.65. The van der Waals surface area contributed by atoms with Gasteiger partial charge in [-0.2, -0.15) is 11.8 Å². The molecule has 13 heavy (non-hydrogen) atoms. The SMILES string of the molecule is CCOC(CSC(C)CC)C(=O)O. The second-order valence-electron chi connectivity index (χ2n) is 2.83. The molecule has 0 radical (unpaired) electrons. The summed E-state index contributed by atoms with van der Waals surface area (Å²) in [5.74, 6) is -0.323. The molecule has 0 rings (SSSR count). The molecule has 0 saturated carbocycles. The second kappa shape index (κ2) is 7.21. The van der Waals surface area contributed by atoms with Gasteiger partial charge in [0.15, 0.2) is 6.10 Å². The van der Waals surface area contributed by atoms with Crippen LogP contribution in [-0.4, -0.2) is 34.8 Å². The molecule has 0 amide bonds. The maximum atomic E-state index is 10.7. The minimum atomic E-state index is -0.863. The van der Waals surface area contributed by atoms with Crippen molar-refractivity contribution >= 4 is 17.7 Å². The van der Waals surface area contributed by atoms with Crippen LogP contribution in [0.4, 0.5) is 0 Å². The fraction of sp³-hybridized carbons (Fsp3) is 0.889. The van der Waals surface area contributed by atoms with Crippen molar-refractivity contribution in [3.8, 4) is 0 Å². The Bertz CT molecular complexity index is 150. The number of thioether (sulfide) groups is 1. The van der Waals surface area contributed by atoms with E-state index in [2.05, 4.69) is 13.8 Å². The van der Waals surface area contributed by atoms with E-state index in [-0.39, 0.29) is 0 Å². The number of carboxylic acid groups (broad SMARTS) is 1. The Morgan fingerprint density at radius 2 is 2.15 bits per heavy atom. The van der Waals surface area contributed by atoms with E-state index in [1.807, 2.05) is 6.92 Å². The molecule has 78 valence electrons. The van der Waals surface area contributed by atoms with Gasteiger partial charge in [-0.3, -0.25) is 0 Å². The van der Waals surface area contributed by atoms with Gasteiger partial charge in [-0.15, -0.1) is 0 Å². The van der Waals surface area contributed by atoms with Crippen molar-refractivity contribution in [1.82, 2.24) is 0 Å². The Hall–Kier alpha value is -0.220. The number of aliphatic carboxylic acids is 1. The fourth-order valence-electron chi connectivity index (χ4n) is 0.761. The zero-order chi connectivity index (χ0) is 10.3. The van der Waals surface area contributed by atoms with E-state index in [0.717, 1.165) is 6.42 Å². The zero-order valence-corrected chi connectivity index (χ0v) is 9.26. The topological polar surface area (TPSA) is 46.5 Å². The molecule has 0 aliphatic carbocycles. The largest absolute Gasteiger partial charge is 0.479 e. The summed E-state index contributed by atoms with van der Waals surface area (Å²) in [5.41, 5.74) is 0. The number of carboxylic acids is 1. The number of ether oxygens (including phenoxy) is 1. The minimum absolute atomic E-state index is 0.456. The predicted molar refractivity (Wildman–Crippen MR) is 55.3 cm³/mol. The number of hydrogen-bond donors (Lipinski definition) is 1. The molecule has 2 unspecified atom stereocenters. The van der Waals surface area contributed by atoms with Crippen molar-refractivity contribution in [2.45, 2.75) is 38.5 Å². The van der Waals surface area contributed by atoms with E-state index >= 15 is 0 Å². The van der Waals surface area contributed by atoms with Crippen molar-refractivity contribution in [2.24, 2.45) is 0 Å². The first kappa shape index (κ1) is 12.8. The lowest BCUT2D eigenvalue weighted by Gasteiger charge is -2.14. The standard InChI is InChI=1S/C9H18O3S/c1-4-7(3)13-6-8(9(10)11)12-5-2/h7-8H,4-6H2,1-3H3,(H,10,11). The van der Waals surface area contributed by atoms with Crippen molar-refractivity contribution in [2.75, 3.05) is 12.4 Å². The lowest BCUT2D eigenvalue weighted by molar-refractivity contribution is -0.148. The van der Waals surface area contributed by atoms with E-state index in [1.54, 1.807) is 11.8 Å². The summed E-state index contributed by atoms with van der Waals surface area (Å²) in [6.07, 6.45) is 0.410. The van der Waals surface area contributed by atoms with E-state index in [9.17, 15) is 4.79 Å². The molecular weight excluding hydrogens is 188 g/mol. The highest BCUT2D eigenvalue weighted by Gasteiger charge is 2.17. The Kier molecular flexibility index (Phi) is 7.09. The van der Waals surface area contributed by atoms with E-state index < -0.39 is 12.1 Å². The Balaban J connectivity index is 3.75. The van der Waals surface area contributed by atoms with Crippen LogP contribution in [0.1, 0.15) is 27.2 Å². The van der Waals surface area contributed by atoms with Crippen molar-refractivity contribution in [3.05, 3.63) is 0 Å². The third kappa shape index (κ3) is 5.93. The number of rotatable bonds is 7. The van der Waals surface area contributed by atoms with Crippen LogP contribution in [0, 0.1) is 0 Å². The van der Waals surface area contributed by atoms with Crippen LogP contribution in [0.25, 0.3) is 0 Å². The molecule has 0 aliphatic heterocycles. The summed E-state index contributed by atoms with van der Waals surface area (Å²) in [4.78, 5) is 10.7. The third-order valence-corrected chi connectivity index (χ3v) is 3.15. The zero-order valence-electron chi connectivity index (χ0n) is 8.45. The smallest absolute Gasteiger partial charge is 0.333 e. The maximum absolute atomic E-state index is 10.7. The Morgan fingerprint density at radius 3 is 2.54 bits per heavy atom. The molecule has 4 heteroatoms. The molecule has 0 aromatic heterocycles. The molecule has 1 N–H and O–H groups in total. The van der Waals surface area contributed by atoms with Crippen LogP contribution in [0.15, 0.2) is 0 Å². The van der Waals surface area contributed by atoms with Crippen LogP contribution < -0.4 is 0 Å². The van der Waals surface area contributed by atoms with Gasteiger partial charge in [0.25, 0.3) is 0 Å². The summed E-state index contributed by atoms with van der Waals surface area (Å²) in [6, 6.07) is 0. The molecule has 3 nitrogen and oxygen atoms in total. The first-order valence-corrected chi connectivity index (χ1v) is 5.62. The summed E-state index contributed by atoms with van der Waals surface area (Å²) < 4.78 is 5.08. The average Bonchev–Trinajstić information content (AvgIpc) is 2.11. The van der Waals surface area contributed by atoms with Crippen LogP contribution in [0.3, 0.4) is 0 Å². The van der Waals surface area contributed by atoms with Gasteiger partial charge in [0.1, 0.15) is 0 Å². The molecule has 0 fully saturated rings. The Morgan fingerprint density at radius 1 is 1.54 bits per heavy atom. The molecule has 0 aromatic carbocycles. The van der Waals surface area contributed by atoms with E-state index in [4.69, 9.17) is 9.84 Å². The normalized spacial score (nSPS) is 15.3. The van der Waals surface area contributed by atoms with Crippen LogP contribution in [0.5, 0.6) is 0 Å². The van der Waals surface area contributed by atoms with Gasteiger partial charge in [0, 0.05) is 17.6 Å². The molecule has 0 saturated heterocycles. The molecule has 0 heterocycles. The summed E-state index contributed by atoms with van der Waals surface area (Å²) in [5, 5.41) is 9.25. The molecule has 0 aliphatic rings. The van der Waals surface area contributed by atoms with Gasteiger partial charge in [-0.05, 0) is 13.3 Å². The highest BCUT2D eigenvalue weighted by molar-refractivity contribution is 7.99. The lowest BCUT2D eigenvalue weighted by Crippen LogP contribution is -2.27. The predicted octanol–water partition coefficient (Wildman–Crippen LogP) is 2.01. The van der Waals surface area contributed by atoms with Crippen molar-refractivity contribution < 1.29 is 14.6 Å². The first-order chi connectivity index (χ1) is 6.11. The summed E-state index contributed by atoms with van der Waals surface area (Å²) in [6.45, 7) is 6.45. The quantitative estimate of drug-likeness (QED) is 0.692. The van der Waals surface area contributed by atoms with Gasteiger partial charge in [0.05, 0.1) is 0 Å². The lowest BCUT2D eigenvalue weighted by atomic mass is 10.4. The van der Waals surface area contributed by atoms with Gasteiger partial charge in [-0.1, -0.05) is 13.8 Å². The molecule has 2 atom stereocenters. The molecular formula is C9H18O3S. The van der Waals surface area contributed by atoms with E-state index in [1.165, 1.54) is 0 Å². The average molecular weight is 206 g/mol. The van der Waals surface area contributed by atoms with Gasteiger partial charge < -0.3 is 9.84 Å². The van der Waals surface area contributed by atoms with Crippen molar-refractivity contribution in [1.29, 1.82) is 0 Å². The first-order valence-electron chi connectivity index (χ1n) is 4.57. The second-order valence-corrected chi connectivity index (χ2v) is 4.31.